The minimum absolute atomic E-state index is 0.348. The summed E-state index contributed by atoms with van der Waals surface area (Å²) in [6.45, 7) is 5.63. The topological polar surface area (TPSA) is 29.3 Å². The summed E-state index contributed by atoms with van der Waals surface area (Å²) in [5, 5.41) is 3.51. The largest absolute Gasteiger partial charge is 0.368 e. The molecule has 1 fully saturated rings. The molecule has 2 nitrogen and oxygen atoms in total. The van der Waals surface area contributed by atoms with Crippen molar-refractivity contribution in [3.63, 3.8) is 0 Å². The molecule has 1 aliphatic heterocycles. The summed E-state index contributed by atoms with van der Waals surface area (Å²) in [5.41, 5.74) is 7.50. The predicted octanol–water partition coefficient (Wildman–Crippen LogP) is 3.46. The first-order valence-corrected chi connectivity index (χ1v) is 7.54. The molecule has 2 N–H and O–H groups in total. The van der Waals surface area contributed by atoms with Crippen LogP contribution in [0.2, 0.25) is 0 Å². The lowest BCUT2D eigenvalue weighted by molar-refractivity contribution is 0.316. The fourth-order valence-electron chi connectivity index (χ4n) is 2.89. The standard InChI is InChI=1S/C15H20N2S/c1-10-11(2)17(7-5-14(10)16)13-3-4-15-12(9-13)6-8-18-15/h3-4,6,8-11,14H,5,7,16H2,1-2H3. The van der Waals surface area contributed by atoms with Gasteiger partial charge in [-0.2, -0.15) is 0 Å². The lowest BCUT2D eigenvalue weighted by Crippen LogP contribution is -2.51. The van der Waals surface area contributed by atoms with Gasteiger partial charge in [-0.1, -0.05) is 6.92 Å². The lowest BCUT2D eigenvalue weighted by Gasteiger charge is -2.42. The van der Waals surface area contributed by atoms with Crippen molar-refractivity contribution in [1.29, 1.82) is 0 Å². The number of benzene rings is 1. The molecular weight excluding hydrogens is 240 g/mol. The van der Waals surface area contributed by atoms with Gasteiger partial charge >= 0.3 is 0 Å². The van der Waals surface area contributed by atoms with Gasteiger partial charge in [0.2, 0.25) is 0 Å². The highest BCUT2D eigenvalue weighted by Crippen LogP contribution is 2.31. The van der Waals surface area contributed by atoms with Gasteiger partial charge in [-0.15, -0.1) is 11.3 Å². The van der Waals surface area contributed by atoms with Crippen LogP contribution in [0.5, 0.6) is 0 Å². The fraction of sp³-hybridized carbons (Fsp3) is 0.467. The highest BCUT2D eigenvalue weighted by Gasteiger charge is 2.30. The van der Waals surface area contributed by atoms with Crippen LogP contribution in [0.4, 0.5) is 5.69 Å². The molecule has 1 aliphatic rings. The van der Waals surface area contributed by atoms with Crippen LogP contribution < -0.4 is 10.6 Å². The minimum atomic E-state index is 0.348. The summed E-state index contributed by atoms with van der Waals surface area (Å²) in [6.07, 6.45) is 1.09. The molecule has 3 unspecified atom stereocenters. The molecule has 18 heavy (non-hydrogen) atoms. The maximum Gasteiger partial charge on any atom is 0.0375 e. The number of rotatable bonds is 1. The van der Waals surface area contributed by atoms with E-state index in [0.717, 1.165) is 13.0 Å². The predicted molar refractivity (Wildman–Crippen MR) is 80.4 cm³/mol. The second kappa shape index (κ2) is 4.56. The van der Waals surface area contributed by atoms with Gasteiger partial charge in [0.05, 0.1) is 0 Å². The molecule has 2 aromatic rings. The molecule has 96 valence electrons. The second-order valence-corrected chi connectivity index (χ2v) is 6.34. The number of nitrogens with zero attached hydrogens (tertiary/aromatic N) is 1. The van der Waals surface area contributed by atoms with Gasteiger partial charge < -0.3 is 10.6 Å². The summed E-state index contributed by atoms with van der Waals surface area (Å²) in [4.78, 5) is 2.51. The Hall–Kier alpha value is -1.06. The molecule has 1 aromatic carbocycles. The van der Waals surface area contributed by atoms with Crippen molar-refractivity contribution in [2.24, 2.45) is 11.7 Å². The molecule has 3 atom stereocenters. The zero-order valence-electron chi connectivity index (χ0n) is 11.0. The Morgan fingerprint density at radius 3 is 2.94 bits per heavy atom. The number of fused-ring (bicyclic) bond motifs is 1. The first-order valence-electron chi connectivity index (χ1n) is 6.66. The van der Waals surface area contributed by atoms with Crippen LogP contribution in [0.25, 0.3) is 10.1 Å². The number of anilines is 1. The Morgan fingerprint density at radius 1 is 1.28 bits per heavy atom. The lowest BCUT2D eigenvalue weighted by atomic mass is 9.87. The van der Waals surface area contributed by atoms with E-state index in [9.17, 15) is 0 Å². The third-order valence-corrected chi connectivity index (χ3v) is 5.30. The Kier molecular flexibility index (Phi) is 3.04. The highest BCUT2D eigenvalue weighted by atomic mass is 32.1. The number of hydrogen-bond acceptors (Lipinski definition) is 3. The maximum atomic E-state index is 6.16. The Balaban J connectivity index is 1.93. The zero-order valence-corrected chi connectivity index (χ0v) is 11.8. The van der Waals surface area contributed by atoms with Crippen molar-refractivity contribution >= 4 is 27.1 Å². The highest BCUT2D eigenvalue weighted by molar-refractivity contribution is 7.17. The Labute approximate surface area is 112 Å². The molecule has 0 amide bonds. The van der Waals surface area contributed by atoms with Crippen molar-refractivity contribution in [2.45, 2.75) is 32.4 Å². The molecule has 0 spiro atoms. The molecule has 0 saturated carbocycles. The Bertz CT molecular complexity index is 548. The van der Waals surface area contributed by atoms with E-state index in [4.69, 9.17) is 5.73 Å². The molecular formula is C15H20N2S. The second-order valence-electron chi connectivity index (χ2n) is 5.39. The molecule has 0 aliphatic carbocycles. The number of piperidine rings is 1. The third kappa shape index (κ3) is 1.91. The summed E-state index contributed by atoms with van der Waals surface area (Å²) >= 11 is 1.81. The third-order valence-electron chi connectivity index (χ3n) is 4.40. The first kappa shape index (κ1) is 12.0. The fourth-order valence-corrected chi connectivity index (χ4v) is 3.66. The number of thiophene rings is 1. The SMILES string of the molecule is CC1C(N)CCN(c2ccc3sccc3c2)C1C. The summed E-state index contributed by atoms with van der Waals surface area (Å²) in [6, 6.07) is 9.87. The van der Waals surface area contributed by atoms with Gasteiger partial charge in [-0.3, -0.25) is 0 Å². The molecule has 1 saturated heterocycles. The molecule has 3 heteroatoms. The van der Waals surface area contributed by atoms with Crippen molar-refractivity contribution in [1.82, 2.24) is 0 Å². The Morgan fingerprint density at radius 2 is 2.11 bits per heavy atom. The zero-order chi connectivity index (χ0) is 12.7. The summed E-state index contributed by atoms with van der Waals surface area (Å²) in [7, 11) is 0. The van der Waals surface area contributed by atoms with E-state index >= 15 is 0 Å². The maximum absolute atomic E-state index is 6.16. The van der Waals surface area contributed by atoms with Crippen LogP contribution in [0.3, 0.4) is 0 Å². The van der Waals surface area contributed by atoms with Crippen LogP contribution in [0, 0.1) is 5.92 Å². The molecule has 2 heterocycles. The quantitative estimate of drug-likeness (QED) is 0.850. The van der Waals surface area contributed by atoms with Crippen LogP contribution in [-0.4, -0.2) is 18.6 Å². The van der Waals surface area contributed by atoms with Gasteiger partial charge in [-0.25, -0.2) is 0 Å². The number of nitrogens with two attached hydrogens (primary N) is 1. The van der Waals surface area contributed by atoms with Crippen LogP contribution in [0.1, 0.15) is 20.3 Å². The molecule has 3 rings (SSSR count). The van der Waals surface area contributed by atoms with Crippen molar-refractivity contribution in [3.8, 4) is 0 Å². The molecule has 0 radical (unpaired) electrons. The van der Waals surface area contributed by atoms with E-state index in [1.165, 1.54) is 15.8 Å². The molecule has 1 aromatic heterocycles. The van der Waals surface area contributed by atoms with Gasteiger partial charge in [-0.05, 0) is 54.3 Å². The van der Waals surface area contributed by atoms with Gasteiger partial charge in [0.15, 0.2) is 0 Å². The van der Waals surface area contributed by atoms with Crippen molar-refractivity contribution in [2.75, 3.05) is 11.4 Å². The van der Waals surface area contributed by atoms with E-state index in [0.29, 0.717) is 18.0 Å². The first-order chi connectivity index (χ1) is 8.66. The van der Waals surface area contributed by atoms with E-state index in [-0.39, 0.29) is 0 Å². The average molecular weight is 260 g/mol. The number of hydrogen-bond donors (Lipinski definition) is 1. The van der Waals surface area contributed by atoms with E-state index in [2.05, 4.69) is 48.4 Å². The van der Waals surface area contributed by atoms with Gasteiger partial charge in [0.1, 0.15) is 0 Å². The van der Waals surface area contributed by atoms with Crippen LogP contribution in [0.15, 0.2) is 29.6 Å². The van der Waals surface area contributed by atoms with Crippen molar-refractivity contribution in [3.05, 3.63) is 29.6 Å². The van der Waals surface area contributed by atoms with Gasteiger partial charge in [0, 0.05) is 29.0 Å². The minimum Gasteiger partial charge on any atom is -0.368 e. The van der Waals surface area contributed by atoms with Crippen LogP contribution >= 0.6 is 11.3 Å². The van der Waals surface area contributed by atoms with E-state index in [1.807, 2.05) is 0 Å². The van der Waals surface area contributed by atoms with Gasteiger partial charge in [0.25, 0.3) is 0 Å². The average Bonchev–Trinajstić information content (AvgIpc) is 2.83. The monoisotopic (exact) mass is 260 g/mol. The molecule has 0 bridgehead atoms. The summed E-state index contributed by atoms with van der Waals surface area (Å²) in [5.74, 6) is 0.553. The van der Waals surface area contributed by atoms with Crippen molar-refractivity contribution < 1.29 is 0 Å². The smallest absolute Gasteiger partial charge is 0.0375 e. The van der Waals surface area contributed by atoms with E-state index < -0.39 is 0 Å². The normalized spacial score (nSPS) is 28.8. The summed E-state index contributed by atoms with van der Waals surface area (Å²) < 4.78 is 1.37. The van der Waals surface area contributed by atoms with Crippen LogP contribution in [-0.2, 0) is 0 Å². The van der Waals surface area contributed by atoms with E-state index in [1.54, 1.807) is 11.3 Å².